The van der Waals surface area contributed by atoms with Gasteiger partial charge in [-0.2, -0.15) is 0 Å². The molecule has 2 unspecified atom stereocenters. The first kappa shape index (κ1) is 13.5. The predicted molar refractivity (Wildman–Crippen MR) is 80.6 cm³/mol. The highest BCUT2D eigenvalue weighted by molar-refractivity contribution is 6.30. The van der Waals surface area contributed by atoms with Gasteiger partial charge in [0.05, 0.1) is 13.2 Å². The molecule has 2 aromatic rings. The van der Waals surface area contributed by atoms with Crippen molar-refractivity contribution in [2.75, 3.05) is 7.11 Å². The molecule has 2 aromatic carbocycles. The molecule has 0 spiro atoms. The summed E-state index contributed by atoms with van der Waals surface area (Å²) in [5.74, 6) is 1.02. The maximum absolute atomic E-state index is 10.1. The van der Waals surface area contributed by atoms with E-state index in [2.05, 4.69) is 12.1 Å². The van der Waals surface area contributed by atoms with Crippen LogP contribution >= 0.6 is 11.6 Å². The molecule has 104 valence electrons. The van der Waals surface area contributed by atoms with E-state index in [1.54, 1.807) is 7.11 Å². The Kier molecular flexibility index (Phi) is 3.68. The molecule has 0 saturated heterocycles. The number of benzene rings is 2. The summed E-state index contributed by atoms with van der Waals surface area (Å²) in [6.45, 7) is 0. The number of rotatable bonds is 2. The van der Waals surface area contributed by atoms with Gasteiger partial charge in [0.25, 0.3) is 0 Å². The topological polar surface area (TPSA) is 29.5 Å². The van der Waals surface area contributed by atoms with Crippen molar-refractivity contribution in [3.63, 3.8) is 0 Å². The molecule has 0 aliphatic heterocycles. The molecule has 1 aliphatic rings. The van der Waals surface area contributed by atoms with Crippen molar-refractivity contribution in [2.24, 2.45) is 0 Å². The fourth-order valence-electron chi connectivity index (χ4n) is 2.99. The van der Waals surface area contributed by atoms with E-state index in [4.69, 9.17) is 16.3 Å². The third-order valence-corrected chi connectivity index (χ3v) is 4.18. The van der Waals surface area contributed by atoms with Crippen LogP contribution < -0.4 is 4.74 Å². The van der Waals surface area contributed by atoms with E-state index in [0.717, 1.165) is 22.8 Å². The smallest absolute Gasteiger partial charge is 0.119 e. The van der Waals surface area contributed by atoms with Gasteiger partial charge in [0.15, 0.2) is 0 Å². The minimum atomic E-state index is -0.306. The summed E-state index contributed by atoms with van der Waals surface area (Å²) in [5, 5.41) is 10.8. The quantitative estimate of drug-likeness (QED) is 0.911. The van der Waals surface area contributed by atoms with E-state index in [1.165, 1.54) is 11.1 Å². The zero-order chi connectivity index (χ0) is 14.1. The fraction of sp³-hybridized carbons (Fsp3) is 0.294. The Morgan fingerprint density at radius 1 is 1.20 bits per heavy atom. The molecular formula is C17H17ClO2. The summed E-state index contributed by atoms with van der Waals surface area (Å²) >= 11 is 6.10. The zero-order valence-electron chi connectivity index (χ0n) is 11.3. The van der Waals surface area contributed by atoms with Crippen LogP contribution in [0.4, 0.5) is 0 Å². The van der Waals surface area contributed by atoms with Crippen LogP contribution in [0.25, 0.3) is 0 Å². The van der Waals surface area contributed by atoms with Crippen molar-refractivity contribution in [3.05, 3.63) is 64.2 Å². The molecule has 0 radical (unpaired) electrons. The Morgan fingerprint density at radius 2 is 2.05 bits per heavy atom. The molecule has 0 amide bonds. The van der Waals surface area contributed by atoms with Crippen molar-refractivity contribution in [3.8, 4) is 5.75 Å². The highest BCUT2D eigenvalue weighted by Crippen LogP contribution is 2.39. The highest BCUT2D eigenvalue weighted by Gasteiger charge is 2.27. The van der Waals surface area contributed by atoms with Gasteiger partial charge in [-0.15, -0.1) is 0 Å². The Bertz CT molecular complexity index is 624. The van der Waals surface area contributed by atoms with Gasteiger partial charge < -0.3 is 9.84 Å². The number of fused-ring (bicyclic) bond motifs is 1. The first-order valence-electron chi connectivity index (χ1n) is 6.77. The van der Waals surface area contributed by atoms with Gasteiger partial charge in [-0.1, -0.05) is 29.8 Å². The number of ether oxygens (including phenoxy) is 1. The second-order valence-electron chi connectivity index (χ2n) is 5.27. The van der Waals surface area contributed by atoms with E-state index in [-0.39, 0.29) is 12.0 Å². The zero-order valence-corrected chi connectivity index (χ0v) is 12.1. The van der Waals surface area contributed by atoms with Crippen molar-refractivity contribution < 1.29 is 9.84 Å². The lowest BCUT2D eigenvalue weighted by atomic mass is 9.77. The molecular weight excluding hydrogens is 272 g/mol. The van der Waals surface area contributed by atoms with Crippen molar-refractivity contribution in [2.45, 2.75) is 24.9 Å². The monoisotopic (exact) mass is 288 g/mol. The van der Waals surface area contributed by atoms with E-state index < -0.39 is 0 Å². The number of hydrogen-bond donors (Lipinski definition) is 1. The van der Waals surface area contributed by atoms with Gasteiger partial charge in [-0.05, 0) is 53.8 Å². The Hall–Kier alpha value is -1.51. The minimum Gasteiger partial charge on any atom is -0.497 e. The molecule has 1 aliphatic carbocycles. The molecule has 3 heteroatoms. The van der Waals surface area contributed by atoms with Crippen LogP contribution in [0.2, 0.25) is 5.02 Å². The van der Waals surface area contributed by atoms with Crippen molar-refractivity contribution in [1.29, 1.82) is 0 Å². The SMILES string of the molecule is COc1ccc2c(c1)C(c1cccc(Cl)c1)CC(O)C2. The maximum atomic E-state index is 10.1. The van der Waals surface area contributed by atoms with Gasteiger partial charge in [0.2, 0.25) is 0 Å². The molecule has 0 saturated carbocycles. The van der Waals surface area contributed by atoms with Crippen molar-refractivity contribution >= 4 is 11.6 Å². The summed E-state index contributed by atoms with van der Waals surface area (Å²) in [6, 6.07) is 14.0. The summed E-state index contributed by atoms with van der Waals surface area (Å²) in [4.78, 5) is 0. The van der Waals surface area contributed by atoms with Gasteiger partial charge in [-0.25, -0.2) is 0 Å². The van der Waals surface area contributed by atoms with Gasteiger partial charge >= 0.3 is 0 Å². The molecule has 3 rings (SSSR count). The minimum absolute atomic E-state index is 0.169. The summed E-state index contributed by atoms with van der Waals surface area (Å²) in [7, 11) is 1.67. The first-order chi connectivity index (χ1) is 9.67. The summed E-state index contributed by atoms with van der Waals surface area (Å²) in [5.41, 5.74) is 3.57. The summed E-state index contributed by atoms with van der Waals surface area (Å²) in [6.07, 6.45) is 1.12. The van der Waals surface area contributed by atoms with Gasteiger partial charge in [0, 0.05) is 10.9 Å². The average Bonchev–Trinajstić information content (AvgIpc) is 2.46. The van der Waals surface area contributed by atoms with Crippen LogP contribution in [0.15, 0.2) is 42.5 Å². The van der Waals surface area contributed by atoms with E-state index in [1.807, 2.05) is 30.3 Å². The molecule has 2 nitrogen and oxygen atoms in total. The van der Waals surface area contributed by atoms with E-state index in [0.29, 0.717) is 6.42 Å². The van der Waals surface area contributed by atoms with Crippen LogP contribution in [0, 0.1) is 0 Å². The second-order valence-corrected chi connectivity index (χ2v) is 5.70. The van der Waals surface area contributed by atoms with Crippen LogP contribution in [0.5, 0.6) is 5.75 Å². The Balaban J connectivity index is 2.08. The number of methoxy groups -OCH3 is 1. The van der Waals surface area contributed by atoms with E-state index in [9.17, 15) is 5.11 Å². The number of hydrogen-bond acceptors (Lipinski definition) is 2. The fourth-order valence-corrected chi connectivity index (χ4v) is 3.18. The second kappa shape index (κ2) is 5.47. The molecule has 0 heterocycles. The molecule has 1 N–H and O–H groups in total. The van der Waals surface area contributed by atoms with Crippen LogP contribution in [0.3, 0.4) is 0 Å². The van der Waals surface area contributed by atoms with Crippen LogP contribution in [0.1, 0.15) is 29.0 Å². The maximum Gasteiger partial charge on any atom is 0.119 e. The largest absolute Gasteiger partial charge is 0.497 e. The Morgan fingerprint density at radius 3 is 2.80 bits per heavy atom. The molecule has 0 aromatic heterocycles. The van der Waals surface area contributed by atoms with Crippen molar-refractivity contribution in [1.82, 2.24) is 0 Å². The van der Waals surface area contributed by atoms with Crippen LogP contribution in [-0.4, -0.2) is 18.3 Å². The molecule has 2 atom stereocenters. The molecule has 0 fully saturated rings. The third-order valence-electron chi connectivity index (χ3n) is 3.94. The highest BCUT2D eigenvalue weighted by atomic mass is 35.5. The number of aliphatic hydroxyl groups is 1. The lowest BCUT2D eigenvalue weighted by molar-refractivity contribution is 0.152. The lowest BCUT2D eigenvalue weighted by Crippen LogP contribution is -2.23. The van der Waals surface area contributed by atoms with E-state index >= 15 is 0 Å². The number of halogens is 1. The number of aliphatic hydroxyl groups excluding tert-OH is 1. The first-order valence-corrected chi connectivity index (χ1v) is 7.15. The molecule has 20 heavy (non-hydrogen) atoms. The third kappa shape index (κ3) is 2.54. The standard InChI is InChI=1S/C17H17ClO2/c1-20-15-6-5-12-8-14(19)9-16(17(12)10-15)11-3-2-4-13(18)7-11/h2-7,10,14,16,19H,8-9H2,1H3. The average molecular weight is 289 g/mol. The van der Waals surface area contributed by atoms with Gasteiger partial charge in [-0.3, -0.25) is 0 Å². The normalized spacial score (nSPS) is 21.4. The lowest BCUT2D eigenvalue weighted by Gasteiger charge is -2.30. The van der Waals surface area contributed by atoms with Gasteiger partial charge in [0.1, 0.15) is 5.75 Å². The predicted octanol–water partition coefficient (Wildman–Crippen LogP) is 3.79. The Labute approximate surface area is 124 Å². The molecule has 0 bridgehead atoms. The van der Waals surface area contributed by atoms with Crippen LogP contribution in [-0.2, 0) is 6.42 Å². The summed E-state index contributed by atoms with van der Waals surface area (Å²) < 4.78 is 5.33.